The molecule has 3 nitrogen and oxygen atoms in total. The Hall–Kier alpha value is -2.13. The second kappa shape index (κ2) is 10.9. The summed E-state index contributed by atoms with van der Waals surface area (Å²) in [5.41, 5.74) is 3.44. The van der Waals surface area contributed by atoms with Crippen LogP contribution < -0.4 is 0 Å². The van der Waals surface area contributed by atoms with Crippen molar-refractivity contribution in [2.24, 2.45) is 11.8 Å². The van der Waals surface area contributed by atoms with Gasteiger partial charge in [0.2, 0.25) is 0 Å². The van der Waals surface area contributed by atoms with E-state index in [4.69, 9.17) is 9.47 Å². The molecule has 0 amide bonds. The molecule has 146 valence electrons. The standard InChI is InChI=1S/C24H32O3/c1-5-26-24(25)22(14-18(2)3)16-23(21-13-9-10-19(4)15-21)27-17-20-11-7-6-8-12-20/h6-13,15,18,22-23H,5,14,16-17H2,1-4H3/t22-,23+/m1/s1. The van der Waals surface area contributed by atoms with Crippen molar-refractivity contribution in [1.82, 2.24) is 0 Å². The number of ether oxygens (including phenoxy) is 2. The van der Waals surface area contributed by atoms with Crippen molar-refractivity contribution in [3.63, 3.8) is 0 Å². The lowest BCUT2D eigenvalue weighted by atomic mass is 9.89. The van der Waals surface area contributed by atoms with E-state index < -0.39 is 0 Å². The van der Waals surface area contributed by atoms with Gasteiger partial charge in [-0.15, -0.1) is 0 Å². The highest BCUT2D eigenvalue weighted by molar-refractivity contribution is 5.72. The summed E-state index contributed by atoms with van der Waals surface area (Å²) in [4.78, 5) is 12.5. The molecule has 0 aromatic heterocycles. The molecule has 2 atom stereocenters. The minimum atomic E-state index is -0.161. The van der Waals surface area contributed by atoms with Crippen molar-refractivity contribution in [3.05, 3.63) is 71.3 Å². The second-order valence-corrected chi connectivity index (χ2v) is 7.51. The fourth-order valence-corrected chi connectivity index (χ4v) is 3.32. The van der Waals surface area contributed by atoms with E-state index >= 15 is 0 Å². The predicted molar refractivity (Wildman–Crippen MR) is 109 cm³/mol. The van der Waals surface area contributed by atoms with Crippen LogP contribution >= 0.6 is 0 Å². The molecule has 2 rings (SSSR count). The first-order valence-corrected chi connectivity index (χ1v) is 9.88. The van der Waals surface area contributed by atoms with Crippen LogP contribution in [0, 0.1) is 18.8 Å². The number of benzene rings is 2. The number of carbonyl (C=O) groups is 1. The van der Waals surface area contributed by atoms with Gasteiger partial charge in [-0.05, 0) is 43.7 Å². The Bertz CT molecular complexity index is 694. The maximum absolute atomic E-state index is 12.5. The lowest BCUT2D eigenvalue weighted by Gasteiger charge is -2.25. The van der Waals surface area contributed by atoms with Crippen LogP contribution in [0.15, 0.2) is 54.6 Å². The molecule has 2 aromatic carbocycles. The van der Waals surface area contributed by atoms with E-state index in [1.54, 1.807) is 0 Å². The molecular formula is C24H32O3. The van der Waals surface area contributed by atoms with Gasteiger partial charge < -0.3 is 9.47 Å². The van der Waals surface area contributed by atoms with E-state index in [9.17, 15) is 4.79 Å². The first-order valence-electron chi connectivity index (χ1n) is 9.88. The van der Waals surface area contributed by atoms with Crippen molar-refractivity contribution >= 4 is 5.97 Å². The molecule has 0 radical (unpaired) electrons. The van der Waals surface area contributed by atoms with E-state index in [0.717, 1.165) is 17.5 Å². The van der Waals surface area contributed by atoms with Crippen LogP contribution in [0.5, 0.6) is 0 Å². The molecule has 0 bridgehead atoms. The van der Waals surface area contributed by atoms with E-state index in [1.807, 2.05) is 31.2 Å². The van der Waals surface area contributed by atoms with Crippen LogP contribution in [0.2, 0.25) is 0 Å². The molecule has 0 spiro atoms. The van der Waals surface area contributed by atoms with Crippen molar-refractivity contribution in [2.75, 3.05) is 6.61 Å². The Morgan fingerprint density at radius 1 is 1.00 bits per heavy atom. The zero-order valence-electron chi connectivity index (χ0n) is 17.0. The zero-order chi connectivity index (χ0) is 19.6. The maximum Gasteiger partial charge on any atom is 0.309 e. The molecule has 0 N–H and O–H groups in total. The Morgan fingerprint density at radius 2 is 1.74 bits per heavy atom. The van der Waals surface area contributed by atoms with Gasteiger partial charge in [0.1, 0.15) is 0 Å². The van der Waals surface area contributed by atoms with Gasteiger partial charge in [0.25, 0.3) is 0 Å². The zero-order valence-corrected chi connectivity index (χ0v) is 17.0. The highest BCUT2D eigenvalue weighted by atomic mass is 16.5. The maximum atomic E-state index is 12.5. The van der Waals surface area contributed by atoms with Crippen molar-refractivity contribution in [1.29, 1.82) is 0 Å². The molecule has 0 saturated heterocycles. The summed E-state index contributed by atoms with van der Waals surface area (Å²) >= 11 is 0. The summed E-state index contributed by atoms with van der Waals surface area (Å²) < 4.78 is 11.6. The lowest BCUT2D eigenvalue weighted by Crippen LogP contribution is -2.23. The third kappa shape index (κ3) is 7.18. The topological polar surface area (TPSA) is 35.5 Å². The Kier molecular flexibility index (Phi) is 8.53. The average molecular weight is 369 g/mol. The third-order valence-electron chi connectivity index (χ3n) is 4.58. The number of rotatable bonds is 10. The smallest absolute Gasteiger partial charge is 0.309 e. The fraction of sp³-hybridized carbons (Fsp3) is 0.458. The fourth-order valence-electron chi connectivity index (χ4n) is 3.32. The number of carbonyl (C=O) groups excluding carboxylic acids is 1. The Morgan fingerprint density at radius 3 is 2.37 bits per heavy atom. The van der Waals surface area contributed by atoms with E-state index in [-0.39, 0.29) is 18.0 Å². The molecule has 2 aromatic rings. The minimum absolute atomic E-state index is 0.118. The summed E-state index contributed by atoms with van der Waals surface area (Å²) in [7, 11) is 0. The molecule has 0 aliphatic heterocycles. The first-order chi connectivity index (χ1) is 13.0. The molecule has 0 aliphatic carbocycles. The van der Waals surface area contributed by atoms with Gasteiger partial charge in [-0.1, -0.05) is 74.0 Å². The van der Waals surface area contributed by atoms with Crippen LogP contribution in [-0.4, -0.2) is 12.6 Å². The molecular weight excluding hydrogens is 336 g/mol. The molecule has 0 heterocycles. The predicted octanol–water partition coefficient (Wildman–Crippen LogP) is 5.87. The largest absolute Gasteiger partial charge is 0.466 e. The molecule has 0 unspecified atom stereocenters. The van der Waals surface area contributed by atoms with Gasteiger partial charge in [-0.25, -0.2) is 0 Å². The first kappa shape index (κ1) is 21.2. The van der Waals surface area contributed by atoms with Gasteiger partial charge in [-0.3, -0.25) is 4.79 Å². The average Bonchev–Trinajstić information content (AvgIpc) is 2.65. The van der Waals surface area contributed by atoms with Crippen LogP contribution in [0.4, 0.5) is 0 Å². The number of hydrogen-bond acceptors (Lipinski definition) is 3. The third-order valence-corrected chi connectivity index (χ3v) is 4.58. The van der Waals surface area contributed by atoms with Gasteiger partial charge in [-0.2, -0.15) is 0 Å². The van der Waals surface area contributed by atoms with Crippen LogP contribution in [0.25, 0.3) is 0 Å². The summed E-state index contributed by atoms with van der Waals surface area (Å²) in [6, 6.07) is 18.5. The molecule has 27 heavy (non-hydrogen) atoms. The molecule has 3 heteroatoms. The van der Waals surface area contributed by atoms with E-state index in [1.165, 1.54) is 5.56 Å². The molecule has 0 fully saturated rings. The van der Waals surface area contributed by atoms with Gasteiger partial charge in [0, 0.05) is 0 Å². The van der Waals surface area contributed by atoms with Gasteiger partial charge >= 0.3 is 5.97 Å². The summed E-state index contributed by atoms with van der Waals surface area (Å²) in [6.45, 7) is 9.14. The van der Waals surface area contributed by atoms with Gasteiger partial charge in [0.05, 0.1) is 25.2 Å². The lowest BCUT2D eigenvalue weighted by molar-refractivity contribution is -0.150. The summed E-state index contributed by atoms with van der Waals surface area (Å²) in [5.74, 6) is 0.144. The van der Waals surface area contributed by atoms with Crippen LogP contribution in [-0.2, 0) is 20.9 Å². The molecule has 0 aliphatic rings. The highest BCUT2D eigenvalue weighted by Crippen LogP contribution is 2.31. The Labute approximate surface area is 163 Å². The minimum Gasteiger partial charge on any atom is -0.466 e. The van der Waals surface area contributed by atoms with E-state index in [0.29, 0.717) is 25.6 Å². The van der Waals surface area contributed by atoms with Crippen molar-refractivity contribution in [3.8, 4) is 0 Å². The summed E-state index contributed by atoms with van der Waals surface area (Å²) in [5, 5.41) is 0. The summed E-state index contributed by atoms with van der Waals surface area (Å²) in [6.07, 6.45) is 1.29. The SMILES string of the molecule is CCOC(=O)[C@H](CC(C)C)C[C@H](OCc1ccccc1)c1cccc(C)c1. The van der Waals surface area contributed by atoms with Gasteiger partial charge in [0.15, 0.2) is 0 Å². The number of aryl methyl sites for hydroxylation is 1. The van der Waals surface area contributed by atoms with E-state index in [2.05, 4.69) is 51.1 Å². The Balaban J connectivity index is 2.19. The van der Waals surface area contributed by atoms with Crippen molar-refractivity contribution in [2.45, 2.75) is 53.2 Å². The highest BCUT2D eigenvalue weighted by Gasteiger charge is 2.26. The number of hydrogen-bond donors (Lipinski definition) is 0. The number of esters is 1. The van der Waals surface area contributed by atoms with Crippen molar-refractivity contribution < 1.29 is 14.3 Å². The normalized spacial score (nSPS) is 13.4. The molecule has 0 saturated carbocycles. The quantitative estimate of drug-likeness (QED) is 0.492. The second-order valence-electron chi connectivity index (χ2n) is 7.51. The van der Waals surface area contributed by atoms with Crippen LogP contribution in [0.3, 0.4) is 0 Å². The van der Waals surface area contributed by atoms with Crippen LogP contribution in [0.1, 0.15) is 56.4 Å². The monoisotopic (exact) mass is 368 g/mol.